The van der Waals surface area contributed by atoms with E-state index in [1.165, 1.54) is 4.90 Å². The average Bonchev–Trinajstić information content (AvgIpc) is 2.83. The van der Waals surface area contributed by atoms with Crippen LogP contribution < -0.4 is 10.1 Å². The minimum Gasteiger partial charge on any atom is -0.489 e. The summed E-state index contributed by atoms with van der Waals surface area (Å²) >= 11 is 10.9. The predicted molar refractivity (Wildman–Crippen MR) is 98.7 cm³/mol. The van der Waals surface area contributed by atoms with E-state index < -0.39 is 0 Å². The predicted octanol–water partition coefficient (Wildman–Crippen LogP) is 3.61. The molecule has 122 valence electrons. The van der Waals surface area contributed by atoms with Crippen LogP contribution in [0.3, 0.4) is 0 Å². The number of ether oxygens (including phenoxy) is 1. The van der Waals surface area contributed by atoms with E-state index >= 15 is 0 Å². The van der Waals surface area contributed by atoms with Crippen molar-refractivity contribution in [1.82, 2.24) is 10.2 Å². The van der Waals surface area contributed by atoms with E-state index in [1.54, 1.807) is 13.1 Å². The third-order valence-electron chi connectivity index (χ3n) is 3.59. The summed E-state index contributed by atoms with van der Waals surface area (Å²) < 4.78 is 5.74. The van der Waals surface area contributed by atoms with Crippen molar-refractivity contribution in [1.29, 1.82) is 0 Å². The summed E-state index contributed by atoms with van der Waals surface area (Å²) in [5.41, 5.74) is 2.41. The molecular formula is C18H15ClN2O2S. The Morgan fingerprint density at radius 1 is 1.17 bits per heavy atom. The van der Waals surface area contributed by atoms with Gasteiger partial charge < -0.3 is 10.1 Å². The Balaban J connectivity index is 1.64. The maximum Gasteiger partial charge on any atom is 0.276 e. The molecule has 1 amide bonds. The Labute approximate surface area is 150 Å². The van der Waals surface area contributed by atoms with E-state index in [4.69, 9.17) is 28.6 Å². The van der Waals surface area contributed by atoms with Gasteiger partial charge in [-0.15, -0.1) is 0 Å². The highest BCUT2D eigenvalue weighted by atomic mass is 35.5. The van der Waals surface area contributed by atoms with Gasteiger partial charge in [-0.3, -0.25) is 9.69 Å². The number of nitrogens with one attached hydrogen (secondary N) is 1. The number of amides is 1. The van der Waals surface area contributed by atoms with Gasteiger partial charge in [0.25, 0.3) is 5.91 Å². The monoisotopic (exact) mass is 358 g/mol. The molecule has 1 fully saturated rings. The lowest BCUT2D eigenvalue weighted by molar-refractivity contribution is -0.121. The summed E-state index contributed by atoms with van der Waals surface area (Å²) in [4.78, 5) is 13.4. The summed E-state index contributed by atoms with van der Waals surface area (Å²) in [7, 11) is 1.65. The molecule has 6 heteroatoms. The first-order valence-electron chi connectivity index (χ1n) is 7.31. The fraction of sp³-hybridized carbons (Fsp3) is 0.111. The van der Waals surface area contributed by atoms with Crippen LogP contribution in [0.15, 0.2) is 54.2 Å². The van der Waals surface area contributed by atoms with Gasteiger partial charge in [-0.1, -0.05) is 35.9 Å². The van der Waals surface area contributed by atoms with E-state index in [1.807, 2.05) is 48.5 Å². The highest BCUT2D eigenvalue weighted by Gasteiger charge is 2.26. The Hall–Kier alpha value is -2.37. The lowest BCUT2D eigenvalue weighted by Gasteiger charge is -2.07. The van der Waals surface area contributed by atoms with Crippen LogP contribution in [-0.2, 0) is 11.4 Å². The van der Waals surface area contributed by atoms with Gasteiger partial charge in [0.15, 0.2) is 5.11 Å². The van der Waals surface area contributed by atoms with Crippen molar-refractivity contribution in [2.75, 3.05) is 7.05 Å². The zero-order valence-electron chi connectivity index (χ0n) is 13.0. The van der Waals surface area contributed by atoms with Gasteiger partial charge in [-0.25, -0.2) is 0 Å². The molecule has 1 N–H and O–H groups in total. The number of nitrogens with zero attached hydrogens (tertiary/aromatic N) is 1. The highest BCUT2D eigenvalue weighted by Crippen LogP contribution is 2.18. The van der Waals surface area contributed by atoms with Crippen LogP contribution in [0.4, 0.5) is 0 Å². The Morgan fingerprint density at radius 3 is 2.42 bits per heavy atom. The van der Waals surface area contributed by atoms with Gasteiger partial charge in [-0.2, -0.15) is 0 Å². The topological polar surface area (TPSA) is 41.6 Å². The zero-order chi connectivity index (χ0) is 17.1. The largest absolute Gasteiger partial charge is 0.489 e. The number of rotatable bonds is 4. The quantitative estimate of drug-likeness (QED) is 0.669. The van der Waals surface area contributed by atoms with Gasteiger partial charge in [0, 0.05) is 12.1 Å². The number of halogens is 1. The number of likely N-dealkylation sites (N-methyl/N-ethyl adjacent to an activating group) is 1. The molecule has 3 rings (SSSR count). The summed E-state index contributed by atoms with van der Waals surface area (Å²) in [6, 6.07) is 15.0. The molecule has 0 saturated carbocycles. The molecule has 1 aliphatic rings. The summed E-state index contributed by atoms with van der Waals surface area (Å²) in [6.45, 7) is 0.469. The van der Waals surface area contributed by atoms with Gasteiger partial charge in [0.2, 0.25) is 0 Å². The van der Waals surface area contributed by atoms with Crippen molar-refractivity contribution >= 4 is 40.9 Å². The van der Waals surface area contributed by atoms with Gasteiger partial charge in [0.1, 0.15) is 18.1 Å². The summed E-state index contributed by atoms with van der Waals surface area (Å²) in [6.07, 6.45) is 1.76. The minimum atomic E-state index is -0.136. The van der Waals surface area contributed by atoms with E-state index in [9.17, 15) is 4.79 Å². The van der Waals surface area contributed by atoms with E-state index in [0.717, 1.165) is 16.9 Å². The van der Waals surface area contributed by atoms with Gasteiger partial charge in [-0.05, 0) is 53.7 Å². The number of hydrogen-bond acceptors (Lipinski definition) is 3. The lowest BCUT2D eigenvalue weighted by atomic mass is 10.2. The maximum absolute atomic E-state index is 11.9. The Kier molecular flexibility index (Phi) is 4.83. The molecule has 24 heavy (non-hydrogen) atoms. The van der Waals surface area contributed by atoms with Crippen LogP contribution in [-0.4, -0.2) is 23.0 Å². The van der Waals surface area contributed by atoms with Crippen molar-refractivity contribution in [2.24, 2.45) is 0 Å². The van der Waals surface area contributed by atoms with Crippen LogP contribution in [0.1, 0.15) is 11.1 Å². The van der Waals surface area contributed by atoms with Crippen LogP contribution in [0.2, 0.25) is 5.02 Å². The van der Waals surface area contributed by atoms with Crippen molar-refractivity contribution in [3.63, 3.8) is 0 Å². The second kappa shape index (κ2) is 7.03. The molecule has 0 atom stereocenters. The van der Waals surface area contributed by atoms with Gasteiger partial charge >= 0.3 is 0 Å². The SMILES string of the molecule is CN1C(=O)/C(=C/c2ccc(OCc3ccc(Cl)cc3)cc2)NC1=S. The third-order valence-corrected chi connectivity index (χ3v) is 4.22. The molecule has 2 aromatic carbocycles. The molecule has 1 aliphatic heterocycles. The standard InChI is InChI=1S/C18H15ClN2O2S/c1-21-17(22)16(20-18(21)24)10-12-4-8-15(9-5-12)23-11-13-2-6-14(19)7-3-13/h2-10H,11H2,1H3,(H,20,24)/b16-10-. The van der Waals surface area contributed by atoms with E-state index in [2.05, 4.69) is 5.32 Å². The lowest BCUT2D eigenvalue weighted by Crippen LogP contribution is -2.25. The molecule has 0 spiro atoms. The molecule has 1 saturated heterocycles. The van der Waals surface area contributed by atoms with Crippen molar-refractivity contribution in [3.05, 3.63) is 70.4 Å². The van der Waals surface area contributed by atoms with Crippen molar-refractivity contribution in [3.8, 4) is 5.75 Å². The van der Waals surface area contributed by atoms with Crippen molar-refractivity contribution < 1.29 is 9.53 Å². The van der Waals surface area contributed by atoms with Crippen LogP contribution in [0.5, 0.6) is 5.75 Å². The fourth-order valence-corrected chi connectivity index (χ4v) is 2.52. The molecule has 0 radical (unpaired) electrons. The molecule has 0 aliphatic carbocycles. The highest BCUT2D eigenvalue weighted by molar-refractivity contribution is 7.80. The van der Waals surface area contributed by atoms with E-state index in [0.29, 0.717) is 22.4 Å². The first-order valence-corrected chi connectivity index (χ1v) is 8.09. The first-order chi connectivity index (χ1) is 11.5. The smallest absolute Gasteiger partial charge is 0.276 e. The number of carbonyl (C=O) groups excluding carboxylic acids is 1. The third kappa shape index (κ3) is 3.75. The van der Waals surface area contributed by atoms with E-state index in [-0.39, 0.29) is 5.91 Å². The molecular weight excluding hydrogens is 344 g/mol. The minimum absolute atomic E-state index is 0.136. The first kappa shape index (κ1) is 16.5. The Morgan fingerprint density at radius 2 is 1.83 bits per heavy atom. The summed E-state index contributed by atoms with van der Waals surface area (Å²) in [5, 5.41) is 4.01. The molecule has 4 nitrogen and oxygen atoms in total. The maximum atomic E-state index is 11.9. The molecule has 0 unspecified atom stereocenters. The molecule has 2 aromatic rings. The fourth-order valence-electron chi connectivity index (χ4n) is 2.20. The number of benzene rings is 2. The van der Waals surface area contributed by atoms with Gasteiger partial charge in [0.05, 0.1) is 0 Å². The molecule has 0 bridgehead atoms. The normalized spacial score (nSPS) is 15.8. The second-order valence-corrected chi connectivity index (χ2v) is 6.16. The summed E-state index contributed by atoms with van der Waals surface area (Å²) in [5.74, 6) is 0.619. The molecule has 1 heterocycles. The average molecular weight is 359 g/mol. The Bertz CT molecular complexity index is 801. The molecule has 0 aromatic heterocycles. The van der Waals surface area contributed by atoms with Crippen molar-refractivity contribution in [2.45, 2.75) is 6.61 Å². The number of hydrogen-bond donors (Lipinski definition) is 1. The number of thiocarbonyl (C=S) groups is 1. The number of carbonyl (C=O) groups is 1. The van der Waals surface area contributed by atoms with Crippen LogP contribution in [0.25, 0.3) is 6.08 Å². The second-order valence-electron chi connectivity index (χ2n) is 5.34. The zero-order valence-corrected chi connectivity index (χ0v) is 14.5. The van der Waals surface area contributed by atoms with Crippen LogP contribution >= 0.6 is 23.8 Å². The van der Waals surface area contributed by atoms with Crippen LogP contribution in [0, 0.1) is 0 Å².